The third kappa shape index (κ3) is 3.86. The van der Waals surface area contributed by atoms with E-state index in [-0.39, 0.29) is 11.8 Å². The highest BCUT2D eigenvalue weighted by Gasteiger charge is 2.33. The summed E-state index contributed by atoms with van der Waals surface area (Å²) in [7, 11) is 0. The minimum Gasteiger partial charge on any atom is -0.330 e. The van der Waals surface area contributed by atoms with Gasteiger partial charge in [-0.15, -0.1) is 0 Å². The van der Waals surface area contributed by atoms with Crippen LogP contribution >= 0.6 is 0 Å². The Morgan fingerprint density at radius 1 is 1.05 bits per heavy atom. The number of carbonyl (C=O) groups excluding carboxylic acids is 1. The Kier molecular flexibility index (Phi) is 4.93. The van der Waals surface area contributed by atoms with Crippen molar-refractivity contribution in [3.05, 3.63) is 12.3 Å². The smallest absolute Gasteiger partial charge is 0.227 e. The fourth-order valence-electron chi connectivity index (χ4n) is 4.05. The minimum absolute atomic E-state index is 0.235. The fourth-order valence-corrected chi connectivity index (χ4v) is 4.05. The SMILES string of the molecule is C=C1CCC(C2CCCC(C(C)(C)C)CCC2)C(=O)N1. The van der Waals surface area contributed by atoms with E-state index < -0.39 is 0 Å². The first-order valence-electron chi connectivity index (χ1n) is 8.36. The molecule has 1 aliphatic heterocycles. The predicted molar refractivity (Wildman–Crippen MR) is 84.1 cm³/mol. The first-order chi connectivity index (χ1) is 9.38. The van der Waals surface area contributed by atoms with Gasteiger partial charge in [0.05, 0.1) is 0 Å². The molecular formula is C18H31NO. The van der Waals surface area contributed by atoms with Crippen LogP contribution < -0.4 is 5.32 Å². The van der Waals surface area contributed by atoms with Crippen LogP contribution in [0.15, 0.2) is 12.3 Å². The Hall–Kier alpha value is -0.790. The summed E-state index contributed by atoms with van der Waals surface area (Å²) in [4.78, 5) is 12.2. The molecule has 2 rings (SSSR count). The zero-order chi connectivity index (χ0) is 14.8. The zero-order valence-corrected chi connectivity index (χ0v) is 13.5. The third-order valence-corrected chi connectivity index (χ3v) is 5.44. The van der Waals surface area contributed by atoms with Gasteiger partial charge in [0, 0.05) is 11.6 Å². The van der Waals surface area contributed by atoms with Crippen molar-refractivity contribution in [2.24, 2.45) is 23.2 Å². The molecule has 1 aliphatic carbocycles. The molecule has 1 amide bonds. The van der Waals surface area contributed by atoms with Crippen LogP contribution in [0.2, 0.25) is 0 Å². The second-order valence-corrected chi connectivity index (χ2v) is 7.92. The maximum Gasteiger partial charge on any atom is 0.227 e. The van der Waals surface area contributed by atoms with Crippen molar-refractivity contribution in [3.63, 3.8) is 0 Å². The van der Waals surface area contributed by atoms with E-state index in [4.69, 9.17) is 0 Å². The molecule has 2 aliphatic rings. The Labute approximate surface area is 124 Å². The third-order valence-electron chi connectivity index (χ3n) is 5.44. The molecular weight excluding hydrogens is 246 g/mol. The van der Waals surface area contributed by atoms with Crippen molar-refractivity contribution in [2.45, 2.75) is 72.1 Å². The van der Waals surface area contributed by atoms with Gasteiger partial charge in [-0.3, -0.25) is 4.79 Å². The first-order valence-corrected chi connectivity index (χ1v) is 8.36. The van der Waals surface area contributed by atoms with Crippen molar-refractivity contribution < 1.29 is 4.79 Å². The van der Waals surface area contributed by atoms with Crippen LogP contribution in [-0.4, -0.2) is 5.91 Å². The van der Waals surface area contributed by atoms with Gasteiger partial charge in [0.1, 0.15) is 0 Å². The van der Waals surface area contributed by atoms with E-state index in [0.29, 0.717) is 11.3 Å². The summed E-state index contributed by atoms with van der Waals surface area (Å²) in [6, 6.07) is 0. The summed E-state index contributed by atoms with van der Waals surface area (Å²) in [5.74, 6) is 1.93. The number of nitrogens with one attached hydrogen (secondary N) is 1. The van der Waals surface area contributed by atoms with Crippen LogP contribution in [-0.2, 0) is 4.79 Å². The van der Waals surface area contributed by atoms with E-state index in [2.05, 4.69) is 32.7 Å². The standard InChI is InChI=1S/C18H31NO/c1-13-11-12-16(17(20)19-13)14-7-5-9-15(10-6-8-14)18(2,3)4/h14-16H,1,5-12H2,2-4H3,(H,19,20). The highest BCUT2D eigenvalue weighted by molar-refractivity contribution is 5.81. The van der Waals surface area contributed by atoms with Crippen LogP contribution in [0.4, 0.5) is 0 Å². The number of rotatable bonds is 1. The lowest BCUT2D eigenvalue weighted by atomic mass is 9.70. The van der Waals surface area contributed by atoms with Crippen LogP contribution in [0.5, 0.6) is 0 Å². The highest BCUT2D eigenvalue weighted by atomic mass is 16.2. The van der Waals surface area contributed by atoms with Gasteiger partial charge in [0.2, 0.25) is 5.91 Å². The summed E-state index contributed by atoms with van der Waals surface area (Å²) in [5.41, 5.74) is 1.34. The molecule has 1 heterocycles. The summed E-state index contributed by atoms with van der Waals surface area (Å²) in [6.45, 7) is 11.0. The monoisotopic (exact) mass is 277 g/mol. The maximum atomic E-state index is 12.2. The van der Waals surface area contributed by atoms with E-state index in [1.807, 2.05) is 0 Å². The number of carbonyl (C=O) groups is 1. The second kappa shape index (κ2) is 6.32. The Morgan fingerprint density at radius 2 is 1.65 bits per heavy atom. The van der Waals surface area contributed by atoms with Gasteiger partial charge in [-0.2, -0.15) is 0 Å². The van der Waals surface area contributed by atoms with Gasteiger partial charge < -0.3 is 5.32 Å². The average Bonchev–Trinajstić information content (AvgIpc) is 2.28. The molecule has 1 saturated heterocycles. The van der Waals surface area contributed by atoms with Crippen LogP contribution in [0.3, 0.4) is 0 Å². The Morgan fingerprint density at radius 3 is 2.15 bits per heavy atom. The van der Waals surface area contributed by atoms with Gasteiger partial charge in [0.15, 0.2) is 0 Å². The summed E-state index contributed by atoms with van der Waals surface area (Å²) < 4.78 is 0. The second-order valence-electron chi connectivity index (χ2n) is 7.92. The molecule has 2 fully saturated rings. The lowest BCUT2D eigenvalue weighted by Gasteiger charge is -2.36. The minimum atomic E-state index is 0.235. The molecule has 0 aromatic heterocycles. The van der Waals surface area contributed by atoms with Crippen molar-refractivity contribution in [1.29, 1.82) is 0 Å². The Balaban J connectivity index is 1.90. The molecule has 20 heavy (non-hydrogen) atoms. The molecule has 114 valence electrons. The number of hydrogen-bond donors (Lipinski definition) is 1. The zero-order valence-electron chi connectivity index (χ0n) is 13.5. The Bertz CT molecular complexity index is 356. The van der Waals surface area contributed by atoms with Gasteiger partial charge in [0.25, 0.3) is 0 Å². The summed E-state index contributed by atoms with van der Waals surface area (Å²) in [5, 5.41) is 2.96. The van der Waals surface area contributed by atoms with Gasteiger partial charge in [-0.1, -0.05) is 40.2 Å². The molecule has 0 aromatic carbocycles. The van der Waals surface area contributed by atoms with Crippen molar-refractivity contribution in [3.8, 4) is 0 Å². The molecule has 2 heteroatoms. The van der Waals surface area contributed by atoms with E-state index in [1.54, 1.807) is 0 Å². The molecule has 0 radical (unpaired) electrons. The first kappa shape index (κ1) is 15.6. The largest absolute Gasteiger partial charge is 0.330 e. The topological polar surface area (TPSA) is 29.1 Å². The summed E-state index contributed by atoms with van der Waals surface area (Å²) in [6.07, 6.45) is 9.70. The van der Waals surface area contributed by atoms with E-state index in [1.165, 1.54) is 38.5 Å². The van der Waals surface area contributed by atoms with E-state index in [9.17, 15) is 4.79 Å². The van der Waals surface area contributed by atoms with E-state index in [0.717, 1.165) is 24.5 Å². The van der Waals surface area contributed by atoms with Crippen molar-refractivity contribution in [2.75, 3.05) is 0 Å². The fraction of sp³-hybridized carbons (Fsp3) is 0.833. The number of amides is 1. The molecule has 0 aromatic rings. The van der Waals surface area contributed by atoms with Crippen LogP contribution in [0, 0.1) is 23.2 Å². The quantitative estimate of drug-likeness (QED) is 0.742. The van der Waals surface area contributed by atoms with Crippen LogP contribution in [0.25, 0.3) is 0 Å². The molecule has 0 spiro atoms. The molecule has 1 atom stereocenters. The van der Waals surface area contributed by atoms with Crippen molar-refractivity contribution >= 4 is 5.91 Å². The molecule has 1 saturated carbocycles. The number of hydrogen-bond acceptors (Lipinski definition) is 1. The van der Waals surface area contributed by atoms with Gasteiger partial charge >= 0.3 is 0 Å². The molecule has 0 bridgehead atoms. The predicted octanol–water partition coefficient (Wildman–Crippen LogP) is 4.66. The number of allylic oxidation sites excluding steroid dienone is 1. The van der Waals surface area contributed by atoms with Crippen molar-refractivity contribution in [1.82, 2.24) is 5.32 Å². The van der Waals surface area contributed by atoms with Crippen LogP contribution in [0.1, 0.15) is 72.1 Å². The number of piperidine rings is 1. The highest BCUT2D eigenvalue weighted by Crippen LogP contribution is 2.40. The summed E-state index contributed by atoms with van der Waals surface area (Å²) >= 11 is 0. The van der Waals surface area contributed by atoms with Gasteiger partial charge in [-0.25, -0.2) is 0 Å². The maximum absolute atomic E-state index is 12.2. The molecule has 1 N–H and O–H groups in total. The lowest BCUT2D eigenvalue weighted by molar-refractivity contribution is -0.127. The molecule has 1 unspecified atom stereocenters. The average molecular weight is 277 g/mol. The van der Waals surface area contributed by atoms with E-state index >= 15 is 0 Å². The lowest BCUT2D eigenvalue weighted by Crippen LogP contribution is -2.39. The molecule has 2 nitrogen and oxygen atoms in total. The normalized spacial score (nSPS) is 33.2. The van der Waals surface area contributed by atoms with Gasteiger partial charge in [-0.05, 0) is 55.8 Å².